The maximum absolute atomic E-state index is 13.2. The quantitative estimate of drug-likeness (QED) is 0.355. The number of benzene rings is 2. The van der Waals surface area contributed by atoms with Gasteiger partial charge in [-0.15, -0.1) is 0 Å². The Hall–Kier alpha value is -3.15. The summed E-state index contributed by atoms with van der Waals surface area (Å²) < 4.78 is 0. The van der Waals surface area contributed by atoms with Gasteiger partial charge in [-0.05, 0) is 98.9 Å². The van der Waals surface area contributed by atoms with E-state index in [1.807, 2.05) is 42.5 Å². The number of amides is 2. The standard InChI is InChI=1S/C32H38N4O2/c37-31(33-26-5-3-1-2-4-6-26)22-9-7-21(8-10-22)30-34-27-12-11-23(18-28(27)35-30)32(38)36-29-24-14-19-13-20(16-24)17-25(29)15-19/h7-12,18-20,24-26,29H,1-6,13-17H2,(H,33,37)(H,34,35)(H,36,38). The summed E-state index contributed by atoms with van der Waals surface area (Å²) in [6.45, 7) is 0. The number of carbonyl (C=O) groups excluding carboxylic acids is 2. The molecule has 5 saturated carbocycles. The first-order valence-electron chi connectivity index (χ1n) is 14.8. The van der Waals surface area contributed by atoms with Crippen molar-refractivity contribution in [2.24, 2.45) is 23.7 Å². The van der Waals surface area contributed by atoms with Crippen molar-refractivity contribution in [3.05, 3.63) is 53.6 Å². The third-order valence-electron chi connectivity index (χ3n) is 9.88. The number of aromatic amines is 1. The Labute approximate surface area is 224 Å². The zero-order valence-electron chi connectivity index (χ0n) is 22.0. The lowest BCUT2D eigenvalue weighted by Gasteiger charge is -2.54. The molecule has 0 radical (unpaired) electrons. The van der Waals surface area contributed by atoms with Crippen LogP contribution in [-0.2, 0) is 0 Å². The van der Waals surface area contributed by atoms with Crippen LogP contribution in [0.4, 0.5) is 0 Å². The maximum atomic E-state index is 13.2. The number of fused-ring (bicyclic) bond motifs is 1. The Balaban J connectivity index is 1.03. The van der Waals surface area contributed by atoms with Crippen LogP contribution in [0.15, 0.2) is 42.5 Å². The van der Waals surface area contributed by atoms with Gasteiger partial charge in [-0.1, -0.05) is 37.8 Å². The fourth-order valence-corrected chi connectivity index (χ4v) is 8.16. The van der Waals surface area contributed by atoms with Gasteiger partial charge in [-0.25, -0.2) is 4.98 Å². The molecule has 2 amide bonds. The molecule has 0 saturated heterocycles. The molecule has 5 aliphatic rings. The number of nitrogens with one attached hydrogen (secondary N) is 3. The normalized spacial score (nSPS) is 28.8. The zero-order valence-corrected chi connectivity index (χ0v) is 22.0. The molecule has 0 spiro atoms. The van der Waals surface area contributed by atoms with Crippen LogP contribution in [0.3, 0.4) is 0 Å². The van der Waals surface area contributed by atoms with E-state index in [1.165, 1.54) is 57.8 Å². The van der Waals surface area contributed by atoms with E-state index in [2.05, 4.69) is 15.6 Å². The van der Waals surface area contributed by atoms with Gasteiger partial charge in [0.2, 0.25) is 0 Å². The molecule has 5 fully saturated rings. The molecule has 198 valence electrons. The third kappa shape index (κ3) is 4.63. The van der Waals surface area contributed by atoms with E-state index in [0.29, 0.717) is 29.0 Å². The summed E-state index contributed by atoms with van der Waals surface area (Å²) in [4.78, 5) is 34.1. The Bertz CT molecular complexity index is 1310. The van der Waals surface area contributed by atoms with Crippen LogP contribution in [0, 0.1) is 23.7 Å². The molecule has 5 aliphatic carbocycles. The number of H-pyrrole nitrogens is 1. The molecule has 0 unspecified atom stereocenters. The lowest BCUT2D eigenvalue weighted by Crippen LogP contribution is -2.55. The van der Waals surface area contributed by atoms with Crippen molar-refractivity contribution in [2.75, 3.05) is 0 Å². The molecular weight excluding hydrogens is 472 g/mol. The van der Waals surface area contributed by atoms with Gasteiger partial charge in [0.1, 0.15) is 5.82 Å². The van der Waals surface area contributed by atoms with Crippen LogP contribution >= 0.6 is 0 Å². The second kappa shape index (κ2) is 9.87. The van der Waals surface area contributed by atoms with Gasteiger partial charge in [-0.3, -0.25) is 9.59 Å². The van der Waals surface area contributed by atoms with Gasteiger partial charge >= 0.3 is 0 Å². The molecule has 1 heterocycles. The number of hydrogen-bond acceptors (Lipinski definition) is 3. The highest BCUT2D eigenvalue weighted by atomic mass is 16.2. The predicted molar refractivity (Wildman–Crippen MR) is 149 cm³/mol. The summed E-state index contributed by atoms with van der Waals surface area (Å²) in [6.07, 6.45) is 13.7. The fraction of sp³-hybridized carbons (Fsp3) is 0.531. The van der Waals surface area contributed by atoms with Gasteiger partial charge in [0.15, 0.2) is 0 Å². The van der Waals surface area contributed by atoms with Crippen molar-refractivity contribution >= 4 is 22.8 Å². The summed E-state index contributed by atoms with van der Waals surface area (Å²) in [5.41, 5.74) is 3.98. The average molecular weight is 511 g/mol. The Morgan fingerprint density at radius 2 is 1.37 bits per heavy atom. The topological polar surface area (TPSA) is 86.9 Å². The van der Waals surface area contributed by atoms with Gasteiger partial charge in [0.05, 0.1) is 11.0 Å². The SMILES string of the molecule is O=C(NC1CCCCCC1)c1ccc(-c2nc3ccc(C(=O)NC4C5CC6CC(C5)CC4C6)cc3[nH]2)cc1. The Morgan fingerprint density at radius 1 is 0.737 bits per heavy atom. The summed E-state index contributed by atoms with van der Waals surface area (Å²) in [5.74, 6) is 3.90. The first-order chi connectivity index (χ1) is 18.6. The number of imidazole rings is 1. The van der Waals surface area contributed by atoms with Crippen molar-refractivity contribution in [3.63, 3.8) is 0 Å². The monoisotopic (exact) mass is 510 g/mol. The third-order valence-corrected chi connectivity index (χ3v) is 9.88. The van der Waals surface area contributed by atoms with Crippen LogP contribution < -0.4 is 10.6 Å². The Kier molecular flexibility index (Phi) is 6.21. The first kappa shape index (κ1) is 23.9. The van der Waals surface area contributed by atoms with Crippen LogP contribution in [0.5, 0.6) is 0 Å². The van der Waals surface area contributed by atoms with Gasteiger partial charge < -0.3 is 15.6 Å². The minimum absolute atomic E-state index is 0.00263. The largest absolute Gasteiger partial charge is 0.349 e. The first-order valence-corrected chi connectivity index (χ1v) is 14.8. The molecule has 8 rings (SSSR count). The summed E-state index contributed by atoms with van der Waals surface area (Å²) in [5, 5.41) is 6.64. The van der Waals surface area contributed by atoms with Crippen LogP contribution in [-0.4, -0.2) is 33.9 Å². The smallest absolute Gasteiger partial charge is 0.251 e. The molecule has 2 aromatic carbocycles. The van der Waals surface area contributed by atoms with Gasteiger partial charge in [-0.2, -0.15) is 0 Å². The second-order valence-corrected chi connectivity index (χ2v) is 12.5. The van der Waals surface area contributed by atoms with E-state index in [1.54, 1.807) is 0 Å². The number of aromatic nitrogens is 2. The molecule has 6 heteroatoms. The fourth-order valence-electron chi connectivity index (χ4n) is 8.16. The highest BCUT2D eigenvalue weighted by Crippen LogP contribution is 2.53. The van der Waals surface area contributed by atoms with Crippen molar-refractivity contribution in [2.45, 2.75) is 82.7 Å². The van der Waals surface area contributed by atoms with Crippen LogP contribution in [0.25, 0.3) is 22.4 Å². The minimum Gasteiger partial charge on any atom is -0.349 e. The van der Waals surface area contributed by atoms with Gasteiger partial charge in [0, 0.05) is 28.8 Å². The molecule has 4 bridgehead atoms. The van der Waals surface area contributed by atoms with Crippen molar-refractivity contribution in [3.8, 4) is 11.4 Å². The minimum atomic E-state index is 0.00263. The lowest BCUT2D eigenvalue weighted by molar-refractivity contribution is -0.0119. The molecular formula is C32H38N4O2. The van der Waals surface area contributed by atoms with Crippen LogP contribution in [0.2, 0.25) is 0 Å². The van der Waals surface area contributed by atoms with E-state index in [9.17, 15) is 9.59 Å². The zero-order chi connectivity index (χ0) is 25.6. The van der Waals surface area contributed by atoms with E-state index < -0.39 is 0 Å². The van der Waals surface area contributed by atoms with E-state index in [-0.39, 0.29) is 17.9 Å². The van der Waals surface area contributed by atoms with E-state index in [4.69, 9.17) is 4.98 Å². The van der Waals surface area contributed by atoms with Crippen LogP contribution in [0.1, 0.15) is 91.3 Å². The highest BCUT2D eigenvalue weighted by molar-refractivity contribution is 5.98. The highest BCUT2D eigenvalue weighted by Gasteiger charge is 2.48. The molecule has 3 aromatic rings. The van der Waals surface area contributed by atoms with Crippen molar-refractivity contribution in [1.29, 1.82) is 0 Å². The maximum Gasteiger partial charge on any atom is 0.251 e. The molecule has 3 N–H and O–H groups in total. The van der Waals surface area contributed by atoms with Gasteiger partial charge in [0.25, 0.3) is 11.8 Å². The van der Waals surface area contributed by atoms with E-state index >= 15 is 0 Å². The number of carbonyl (C=O) groups is 2. The van der Waals surface area contributed by atoms with Crippen molar-refractivity contribution in [1.82, 2.24) is 20.6 Å². The number of rotatable bonds is 5. The lowest BCUT2D eigenvalue weighted by atomic mass is 9.54. The average Bonchev–Trinajstić information content (AvgIpc) is 3.19. The number of hydrogen-bond donors (Lipinski definition) is 3. The molecule has 0 atom stereocenters. The molecule has 38 heavy (non-hydrogen) atoms. The predicted octanol–water partition coefficient (Wildman–Crippen LogP) is 6.24. The number of nitrogens with zero attached hydrogens (tertiary/aromatic N) is 1. The summed E-state index contributed by atoms with van der Waals surface area (Å²) >= 11 is 0. The molecule has 6 nitrogen and oxygen atoms in total. The molecule has 1 aromatic heterocycles. The molecule has 0 aliphatic heterocycles. The Morgan fingerprint density at radius 3 is 2.05 bits per heavy atom. The van der Waals surface area contributed by atoms with Crippen molar-refractivity contribution < 1.29 is 9.59 Å². The second-order valence-electron chi connectivity index (χ2n) is 12.5. The summed E-state index contributed by atoms with van der Waals surface area (Å²) in [6, 6.07) is 14.0. The van der Waals surface area contributed by atoms with E-state index in [0.717, 1.165) is 47.1 Å². The summed E-state index contributed by atoms with van der Waals surface area (Å²) in [7, 11) is 0.